The summed E-state index contributed by atoms with van der Waals surface area (Å²) in [5, 5.41) is 0. The molecule has 0 saturated carbocycles. The Hall–Kier alpha value is -1.63. The molecule has 0 radical (unpaired) electrons. The number of carbonyl (C=O) groups excluding carboxylic acids is 1. The van der Waals surface area contributed by atoms with Crippen molar-refractivity contribution in [1.82, 2.24) is 4.90 Å². The largest absolute Gasteiger partial charge is 0.494 e. The summed E-state index contributed by atoms with van der Waals surface area (Å²) in [6, 6.07) is 3.99. The van der Waals surface area contributed by atoms with Gasteiger partial charge < -0.3 is 9.64 Å². The number of nitrogens with zero attached hydrogens (tertiary/aromatic N) is 2. The van der Waals surface area contributed by atoms with E-state index in [1.54, 1.807) is 7.11 Å². The quantitative estimate of drug-likeness (QED) is 0.298. The average molecular weight is 379 g/mol. The summed E-state index contributed by atoms with van der Waals surface area (Å²) in [6.07, 6.45) is 0.498. The fraction of sp³-hybridized carbons (Fsp3) is 0.667. The first-order valence-corrected chi connectivity index (χ1v) is 9.79. The van der Waals surface area contributed by atoms with E-state index in [0.717, 1.165) is 48.7 Å². The maximum atomic E-state index is 12.4. The summed E-state index contributed by atoms with van der Waals surface area (Å²) in [6.45, 7) is 14.7. The van der Waals surface area contributed by atoms with Crippen molar-refractivity contribution in [3.8, 4) is 5.75 Å². The number of methoxy groups -OCH3 is 1. The Bertz CT molecular complexity index is 632. The highest BCUT2D eigenvalue weighted by Gasteiger charge is 2.27. The maximum absolute atomic E-state index is 12.4. The van der Waals surface area contributed by atoms with Crippen LogP contribution in [0.1, 0.15) is 57.0 Å². The standard InChI is InChI=1S/C21H34N2O4/c1-7-19(24)16-13-17(21(3,4)5)20(25-6)18(14-16)23-11-9-22(10-12-23)15-27-26-8-2/h13-14H,7-12,15H2,1-6H3. The average Bonchev–Trinajstić information content (AvgIpc) is 2.66. The van der Waals surface area contributed by atoms with Gasteiger partial charge in [0.15, 0.2) is 5.78 Å². The van der Waals surface area contributed by atoms with Crippen LogP contribution in [0.15, 0.2) is 12.1 Å². The number of rotatable bonds is 8. The molecule has 2 rings (SSSR count). The number of benzene rings is 1. The van der Waals surface area contributed by atoms with Gasteiger partial charge in [-0.1, -0.05) is 27.7 Å². The molecule has 1 aliphatic heterocycles. The fourth-order valence-electron chi connectivity index (χ4n) is 3.30. The Labute approximate surface area is 163 Å². The predicted molar refractivity (Wildman–Crippen MR) is 108 cm³/mol. The van der Waals surface area contributed by atoms with Gasteiger partial charge in [-0.25, -0.2) is 9.78 Å². The van der Waals surface area contributed by atoms with E-state index in [0.29, 0.717) is 19.8 Å². The van der Waals surface area contributed by atoms with E-state index in [1.807, 2.05) is 26.0 Å². The molecule has 152 valence electrons. The van der Waals surface area contributed by atoms with Gasteiger partial charge in [0.25, 0.3) is 0 Å². The highest BCUT2D eigenvalue weighted by Crippen LogP contribution is 2.40. The van der Waals surface area contributed by atoms with Crippen LogP contribution in [-0.4, -0.2) is 57.3 Å². The van der Waals surface area contributed by atoms with Crippen molar-refractivity contribution in [2.45, 2.75) is 46.5 Å². The highest BCUT2D eigenvalue weighted by atomic mass is 17.2. The van der Waals surface area contributed by atoms with Crippen molar-refractivity contribution in [1.29, 1.82) is 0 Å². The highest BCUT2D eigenvalue weighted by molar-refractivity contribution is 5.97. The van der Waals surface area contributed by atoms with E-state index in [4.69, 9.17) is 14.5 Å². The fourth-order valence-corrected chi connectivity index (χ4v) is 3.30. The minimum absolute atomic E-state index is 0.114. The number of ether oxygens (including phenoxy) is 1. The van der Waals surface area contributed by atoms with Gasteiger partial charge in [0, 0.05) is 43.7 Å². The Balaban J connectivity index is 2.28. The van der Waals surface area contributed by atoms with Crippen LogP contribution in [-0.2, 0) is 15.2 Å². The number of piperazine rings is 1. The van der Waals surface area contributed by atoms with Crippen molar-refractivity contribution in [3.63, 3.8) is 0 Å². The molecule has 0 unspecified atom stereocenters. The minimum atomic E-state index is -0.114. The van der Waals surface area contributed by atoms with Crippen LogP contribution >= 0.6 is 0 Å². The van der Waals surface area contributed by atoms with Crippen LogP contribution in [0.4, 0.5) is 5.69 Å². The smallest absolute Gasteiger partial charge is 0.162 e. The summed E-state index contributed by atoms with van der Waals surface area (Å²) in [5.74, 6) is 1.03. The third kappa shape index (κ3) is 5.43. The van der Waals surface area contributed by atoms with E-state index in [2.05, 4.69) is 30.6 Å². The van der Waals surface area contributed by atoms with Gasteiger partial charge in [0.1, 0.15) is 12.5 Å². The van der Waals surface area contributed by atoms with Crippen molar-refractivity contribution in [2.24, 2.45) is 0 Å². The molecule has 6 heteroatoms. The van der Waals surface area contributed by atoms with Crippen LogP contribution in [0, 0.1) is 0 Å². The molecule has 0 aliphatic carbocycles. The molecule has 1 fully saturated rings. The number of anilines is 1. The second-order valence-electron chi connectivity index (χ2n) is 7.86. The van der Waals surface area contributed by atoms with E-state index >= 15 is 0 Å². The van der Waals surface area contributed by atoms with Gasteiger partial charge in [0.05, 0.1) is 19.4 Å². The van der Waals surface area contributed by atoms with Crippen LogP contribution in [0.5, 0.6) is 5.75 Å². The molecular weight excluding hydrogens is 344 g/mol. The second kappa shape index (κ2) is 9.53. The van der Waals surface area contributed by atoms with Gasteiger partial charge >= 0.3 is 0 Å². The molecule has 1 aromatic rings. The molecule has 1 aromatic carbocycles. The van der Waals surface area contributed by atoms with Gasteiger partial charge in [-0.05, 0) is 24.5 Å². The van der Waals surface area contributed by atoms with Crippen molar-refractivity contribution >= 4 is 11.5 Å². The Morgan fingerprint density at radius 2 is 1.74 bits per heavy atom. The zero-order valence-corrected chi connectivity index (χ0v) is 17.6. The van der Waals surface area contributed by atoms with Crippen molar-refractivity contribution in [2.75, 3.05) is 51.5 Å². The molecule has 0 aromatic heterocycles. The molecule has 1 aliphatic rings. The first-order valence-electron chi connectivity index (χ1n) is 9.79. The first kappa shape index (κ1) is 21.7. The van der Waals surface area contributed by atoms with Gasteiger partial charge in [-0.15, -0.1) is 0 Å². The number of Topliss-reactive ketones (excluding diaryl/α,β-unsaturated/α-hetero) is 1. The zero-order chi connectivity index (χ0) is 20.0. The molecule has 0 bridgehead atoms. The zero-order valence-electron chi connectivity index (χ0n) is 17.6. The SMILES string of the molecule is CCOOCN1CCN(c2cc(C(=O)CC)cc(C(C)(C)C)c2OC)CC1. The van der Waals surface area contributed by atoms with Gasteiger partial charge in [0.2, 0.25) is 0 Å². The van der Waals surface area contributed by atoms with E-state index < -0.39 is 0 Å². The molecule has 1 saturated heterocycles. The monoisotopic (exact) mass is 378 g/mol. The Morgan fingerprint density at radius 3 is 2.26 bits per heavy atom. The lowest BCUT2D eigenvalue weighted by atomic mass is 9.84. The van der Waals surface area contributed by atoms with Gasteiger partial charge in [-0.3, -0.25) is 9.69 Å². The van der Waals surface area contributed by atoms with Gasteiger partial charge in [-0.2, -0.15) is 0 Å². The number of ketones is 1. The van der Waals surface area contributed by atoms with Crippen LogP contribution < -0.4 is 9.64 Å². The minimum Gasteiger partial charge on any atom is -0.494 e. The summed E-state index contributed by atoms with van der Waals surface area (Å²) >= 11 is 0. The normalized spacial score (nSPS) is 15.9. The topological polar surface area (TPSA) is 51.2 Å². The van der Waals surface area contributed by atoms with Crippen LogP contribution in [0.2, 0.25) is 0 Å². The lowest BCUT2D eigenvalue weighted by Gasteiger charge is -2.37. The first-order chi connectivity index (χ1) is 12.8. The maximum Gasteiger partial charge on any atom is 0.162 e. The molecule has 0 N–H and O–H groups in total. The summed E-state index contributed by atoms with van der Waals surface area (Å²) < 4.78 is 5.82. The lowest BCUT2D eigenvalue weighted by molar-refractivity contribution is -0.312. The summed E-state index contributed by atoms with van der Waals surface area (Å²) in [7, 11) is 1.71. The van der Waals surface area contributed by atoms with E-state index in [-0.39, 0.29) is 11.2 Å². The number of carbonyl (C=O) groups is 1. The number of hydrogen-bond donors (Lipinski definition) is 0. The Morgan fingerprint density at radius 1 is 1.07 bits per heavy atom. The third-order valence-corrected chi connectivity index (χ3v) is 4.87. The molecule has 1 heterocycles. The molecular formula is C21H34N2O4. The number of hydrogen-bond acceptors (Lipinski definition) is 6. The molecule has 0 atom stereocenters. The Kier molecular flexibility index (Phi) is 7.65. The molecule has 0 amide bonds. The molecule has 6 nitrogen and oxygen atoms in total. The van der Waals surface area contributed by atoms with Crippen molar-refractivity contribution in [3.05, 3.63) is 23.3 Å². The van der Waals surface area contributed by atoms with Crippen LogP contribution in [0.3, 0.4) is 0 Å². The second-order valence-corrected chi connectivity index (χ2v) is 7.86. The summed E-state index contributed by atoms with van der Waals surface area (Å²) in [5.41, 5.74) is 2.73. The molecule has 0 spiro atoms. The molecule has 27 heavy (non-hydrogen) atoms. The van der Waals surface area contributed by atoms with Crippen molar-refractivity contribution < 1.29 is 19.3 Å². The lowest BCUT2D eigenvalue weighted by Crippen LogP contribution is -2.47. The third-order valence-electron chi connectivity index (χ3n) is 4.87. The van der Waals surface area contributed by atoms with E-state index in [1.165, 1.54) is 0 Å². The van der Waals surface area contributed by atoms with E-state index in [9.17, 15) is 4.79 Å². The van der Waals surface area contributed by atoms with Crippen LogP contribution in [0.25, 0.3) is 0 Å². The predicted octanol–water partition coefficient (Wildman–Crippen LogP) is 3.63. The summed E-state index contributed by atoms with van der Waals surface area (Å²) in [4.78, 5) is 27.1.